The molecule has 8 rings (SSSR count). The number of ether oxygens (including phenoxy) is 6. The van der Waals surface area contributed by atoms with Crippen molar-refractivity contribution >= 4 is 11.9 Å². The van der Waals surface area contributed by atoms with Crippen molar-refractivity contribution in [2.45, 2.75) is 218 Å². The van der Waals surface area contributed by atoms with Crippen LogP contribution in [0.15, 0.2) is 11.6 Å². The van der Waals surface area contributed by atoms with Crippen LogP contribution in [0.4, 0.5) is 0 Å². The van der Waals surface area contributed by atoms with Crippen molar-refractivity contribution in [2.24, 2.45) is 50.2 Å². The number of hydrogen-bond acceptors (Lipinski definition) is 16. The van der Waals surface area contributed by atoms with Crippen molar-refractivity contribution in [3.63, 3.8) is 0 Å². The second-order valence-corrected chi connectivity index (χ2v) is 23.5. The van der Waals surface area contributed by atoms with Gasteiger partial charge >= 0.3 is 11.9 Å². The van der Waals surface area contributed by atoms with Crippen LogP contribution in [0, 0.1) is 50.2 Å². The number of carboxylic acid groups (broad SMARTS) is 2. The summed E-state index contributed by atoms with van der Waals surface area (Å²) in [5, 5.41) is 107. The summed E-state index contributed by atoms with van der Waals surface area (Å²) in [6, 6.07) is 0. The molecule has 0 aromatic carbocycles. The van der Waals surface area contributed by atoms with Crippen molar-refractivity contribution < 1.29 is 89.1 Å². The van der Waals surface area contributed by atoms with Gasteiger partial charge in [-0.3, -0.25) is 4.79 Å². The van der Waals surface area contributed by atoms with Gasteiger partial charge in [-0.25, -0.2) is 4.79 Å². The molecule has 18 heteroatoms. The maximum absolute atomic E-state index is 13.2. The average Bonchev–Trinajstić information content (AvgIpc) is 3.24. The highest BCUT2D eigenvalue weighted by Gasteiger charge is 2.70. The molecule has 0 aromatic heterocycles. The monoisotopic (exact) mass is 941 g/mol. The fourth-order valence-corrected chi connectivity index (χ4v) is 15.1. The number of carbonyl (C=O) groups is 2. The third-order valence-electron chi connectivity index (χ3n) is 19.3. The highest BCUT2D eigenvalue weighted by atomic mass is 16.8. The van der Waals surface area contributed by atoms with E-state index in [1.165, 1.54) is 12.5 Å². The van der Waals surface area contributed by atoms with Crippen molar-refractivity contribution in [3.05, 3.63) is 11.6 Å². The molecule has 0 bridgehead atoms. The van der Waals surface area contributed by atoms with Gasteiger partial charge in [-0.15, -0.1) is 0 Å². The fourth-order valence-electron chi connectivity index (χ4n) is 15.1. The van der Waals surface area contributed by atoms with Gasteiger partial charge in [-0.2, -0.15) is 0 Å². The summed E-state index contributed by atoms with van der Waals surface area (Å²) >= 11 is 0. The third kappa shape index (κ3) is 7.74. The van der Waals surface area contributed by atoms with Crippen molar-refractivity contribution in [1.82, 2.24) is 0 Å². The minimum absolute atomic E-state index is 0.0241. The van der Waals surface area contributed by atoms with E-state index in [9.17, 15) is 60.7 Å². The Balaban J connectivity index is 1.11. The number of hydrogen-bond donors (Lipinski definition) is 10. The highest BCUT2D eigenvalue weighted by molar-refractivity contribution is 5.76. The quantitative estimate of drug-likeness (QED) is 0.117. The lowest BCUT2D eigenvalue weighted by Gasteiger charge is -2.71. The number of aliphatic carboxylic acids is 2. The van der Waals surface area contributed by atoms with Crippen LogP contribution < -0.4 is 0 Å². The molecule has 0 aromatic rings. The van der Waals surface area contributed by atoms with Gasteiger partial charge in [0.25, 0.3) is 0 Å². The Hall–Kier alpha value is -1.88. The van der Waals surface area contributed by atoms with Gasteiger partial charge in [0.05, 0.1) is 24.2 Å². The highest BCUT2D eigenvalue weighted by Crippen LogP contribution is 2.76. The zero-order valence-electron chi connectivity index (χ0n) is 39.6. The molecule has 7 fully saturated rings. The van der Waals surface area contributed by atoms with E-state index in [2.05, 4.69) is 54.5 Å². The first kappa shape index (κ1) is 50.5. The topological polar surface area (TPSA) is 292 Å². The number of carboxylic acids is 2. The molecule has 10 N–H and O–H groups in total. The predicted octanol–water partition coefficient (Wildman–Crippen LogP) is 1.83. The van der Waals surface area contributed by atoms with Crippen LogP contribution >= 0.6 is 0 Å². The maximum Gasteiger partial charge on any atom is 0.335 e. The molecule has 3 saturated heterocycles. The predicted molar refractivity (Wildman–Crippen MR) is 230 cm³/mol. The average molecular weight is 941 g/mol. The molecule has 66 heavy (non-hydrogen) atoms. The number of rotatable bonds is 9. The van der Waals surface area contributed by atoms with Crippen LogP contribution in [0.5, 0.6) is 0 Å². The molecule has 0 unspecified atom stereocenters. The van der Waals surface area contributed by atoms with Gasteiger partial charge in [0.1, 0.15) is 61.0 Å². The van der Waals surface area contributed by atoms with Crippen molar-refractivity contribution in [3.8, 4) is 0 Å². The van der Waals surface area contributed by atoms with Crippen LogP contribution in [-0.2, 0) is 38.0 Å². The maximum atomic E-state index is 13.2. The van der Waals surface area contributed by atoms with Crippen molar-refractivity contribution in [2.75, 3.05) is 6.61 Å². The van der Waals surface area contributed by atoms with Crippen LogP contribution in [0.3, 0.4) is 0 Å². The lowest BCUT2D eigenvalue weighted by molar-refractivity contribution is -0.395. The summed E-state index contributed by atoms with van der Waals surface area (Å²) in [7, 11) is 0. The lowest BCUT2D eigenvalue weighted by atomic mass is 9.33. The largest absolute Gasteiger partial charge is 0.481 e. The van der Waals surface area contributed by atoms with Crippen LogP contribution in [0.2, 0.25) is 0 Å². The zero-order valence-corrected chi connectivity index (χ0v) is 39.6. The minimum Gasteiger partial charge on any atom is -0.481 e. The molecule has 5 aliphatic carbocycles. The van der Waals surface area contributed by atoms with Gasteiger partial charge in [-0.1, -0.05) is 60.1 Å². The Kier molecular flexibility index (Phi) is 13.4. The molecule has 0 amide bonds. The normalized spacial score (nSPS) is 53.3. The summed E-state index contributed by atoms with van der Waals surface area (Å²) in [4.78, 5) is 26.0. The van der Waals surface area contributed by atoms with E-state index in [1.54, 1.807) is 0 Å². The van der Waals surface area contributed by atoms with E-state index in [0.29, 0.717) is 19.3 Å². The summed E-state index contributed by atoms with van der Waals surface area (Å²) in [6.07, 6.45) is -16.6. The molecule has 3 aliphatic heterocycles. The Morgan fingerprint density at radius 3 is 1.92 bits per heavy atom. The first-order chi connectivity index (χ1) is 30.7. The second-order valence-electron chi connectivity index (χ2n) is 23.5. The summed E-state index contributed by atoms with van der Waals surface area (Å²) < 4.78 is 36.7. The summed E-state index contributed by atoms with van der Waals surface area (Å²) in [5.74, 6) is -1.96. The number of aliphatic hydroxyl groups excluding tert-OH is 8. The van der Waals surface area contributed by atoms with Gasteiger partial charge in [0.15, 0.2) is 25.0 Å². The first-order valence-corrected chi connectivity index (χ1v) is 24.2. The van der Waals surface area contributed by atoms with Crippen LogP contribution in [-0.4, -0.2) is 168 Å². The van der Waals surface area contributed by atoms with Gasteiger partial charge in [0, 0.05) is 0 Å². The summed E-state index contributed by atoms with van der Waals surface area (Å²) in [6.45, 7) is 16.6. The molecule has 0 radical (unpaired) electrons. The third-order valence-corrected chi connectivity index (χ3v) is 19.3. The van der Waals surface area contributed by atoms with E-state index in [4.69, 9.17) is 28.4 Å². The minimum atomic E-state index is -2.06. The molecule has 376 valence electrons. The molecule has 3 heterocycles. The Morgan fingerprint density at radius 1 is 0.667 bits per heavy atom. The first-order valence-electron chi connectivity index (χ1n) is 24.2. The number of fused-ring (bicyclic) bond motifs is 7. The Bertz CT molecular complexity index is 1860. The van der Waals surface area contributed by atoms with E-state index >= 15 is 0 Å². The van der Waals surface area contributed by atoms with E-state index < -0.39 is 128 Å². The molecule has 0 spiro atoms. The van der Waals surface area contributed by atoms with E-state index in [1.807, 2.05) is 0 Å². The molecule has 23 atom stereocenters. The SMILES string of the molecule is C[C@@H]1O[C@H](O[C@H]2[C@H](O)[C@@H](C(=O)O)O[C@@H](O[C@H]3CC[C@]4(C)[C@H]5CC=C6[C@@H]7CC(C)(C)CC[C@]7(C(=O)O)CC[C@@]6(C)[C@]5(C)CC[C@H]4C3(C)C)[C@@H]2O[C@@H]2O[C@H](CO)[C@@H](O)[C@H](O)[C@H]2O)[C@H](O)[C@H](O)[C@H]1O. The van der Waals surface area contributed by atoms with E-state index in [-0.39, 0.29) is 39.4 Å². The van der Waals surface area contributed by atoms with Crippen molar-refractivity contribution in [1.29, 1.82) is 0 Å². The molecule has 4 saturated carbocycles. The standard InChI is InChI=1S/C48H76O18/c1-21-28(50)30(52)32(54)39(61-21)64-35-34(56)36(38(57)58)65-41(37(35)66-40-33(55)31(53)29(51)24(20-49)62-40)63-27-12-13-45(6)25(44(27,4)5)11-14-47(8)26(45)10-9-22-23-19-43(2,3)15-17-48(23,42(59)60)18-16-46(22,47)7/h9,21,23-37,39-41,49-56H,10-20H2,1-8H3,(H,57,58)(H,59,60)/t21-,23-,24+,25-,26+,27-,28-,29+,30+,31-,32+,33+,34-,35-,36-,37+,39+,40-,41+,45-,46+,47+,48-/m0/s1. The molecular weight excluding hydrogens is 865 g/mol. The van der Waals surface area contributed by atoms with Crippen LogP contribution in [0.25, 0.3) is 0 Å². The summed E-state index contributed by atoms with van der Waals surface area (Å²) in [5.41, 5.74) is -0.505. The molecule has 8 aliphatic rings. The Labute approximate surface area is 386 Å². The Morgan fingerprint density at radius 2 is 1.29 bits per heavy atom. The van der Waals surface area contributed by atoms with Gasteiger partial charge < -0.3 is 79.5 Å². The molecule has 18 nitrogen and oxygen atoms in total. The second kappa shape index (κ2) is 17.5. The van der Waals surface area contributed by atoms with Gasteiger partial charge in [0.2, 0.25) is 0 Å². The van der Waals surface area contributed by atoms with Crippen LogP contribution in [0.1, 0.15) is 120 Å². The number of allylic oxidation sites excluding steroid dienone is 2. The molecular formula is C48H76O18. The zero-order chi connectivity index (χ0) is 48.4. The smallest absolute Gasteiger partial charge is 0.335 e. The van der Waals surface area contributed by atoms with Gasteiger partial charge in [-0.05, 0) is 116 Å². The fraction of sp³-hybridized carbons (Fsp3) is 0.917. The van der Waals surface area contributed by atoms with E-state index in [0.717, 1.165) is 44.9 Å². The lowest BCUT2D eigenvalue weighted by Crippen LogP contribution is -2.68. The number of aliphatic hydroxyl groups is 8.